The van der Waals surface area contributed by atoms with Gasteiger partial charge in [-0.3, -0.25) is 0 Å². The zero-order valence-corrected chi connectivity index (χ0v) is 11.1. The Balaban J connectivity index is 3.34. The zero-order valence-electron chi connectivity index (χ0n) is 11.1. The molecule has 98 valence electrons. The Morgan fingerprint density at radius 2 is 2.00 bits per heavy atom. The highest BCUT2D eigenvalue weighted by atomic mass is 16.6. The van der Waals surface area contributed by atoms with E-state index in [0.29, 0.717) is 6.54 Å². The summed E-state index contributed by atoms with van der Waals surface area (Å²) in [7, 11) is 0. The van der Waals surface area contributed by atoms with Gasteiger partial charge in [0.25, 0.3) is 0 Å². The molecule has 0 fully saturated rings. The molecule has 0 spiro atoms. The average Bonchev–Trinajstić information content (AvgIpc) is 2.19. The Hall–Kier alpha value is -1.25. The van der Waals surface area contributed by atoms with Crippen molar-refractivity contribution in [2.75, 3.05) is 19.6 Å². The van der Waals surface area contributed by atoms with Crippen molar-refractivity contribution < 1.29 is 9.53 Å². The number of carbonyl (C=O) groups excluding carboxylic acids is 1. The van der Waals surface area contributed by atoms with Crippen molar-refractivity contribution >= 4 is 6.09 Å². The molecule has 0 aromatic rings. The van der Waals surface area contributed by atoms with Gasteiger partial charge in [0.1, 0.15) is 5.60 Å². The van der Waals surface area contributed by atoms with Gasteiger partial charge < -0.3 is 15.4 Å². The lowest BCUT2D eigenvalue weighted by Gasteiger charge is -2.19. The van der Waals surface area contributed by atoms with Gasteiger partial charge >= 0.3 is 6.09 Å². The monoisotopic (exact) mass is 240 g/mol. The van der Waals surface area contributed by atoms with Crippen molar-refractivity contribution in [2.24, 2.45) is 0 Å². The first kappa shape index (κ1) is 15.8. The Bertz CT molecular complexity index is 263. The maximum atomic E-state index is 11.3. The summed E-state index contributed by atoms with van der Waals surface area (Å²) in [6.45, 7) is 11.4. The molecule has 2 N–H and O–H groups in total. The van der Waals surface area contributed by atoms with Crippen LogP contribution in [0.1, 0.15) is 33.6 Å². The molecule has 0 aliphatic heterocycles. The summed E-state index contributed by atoms with van der Waals surface area (Å²) in [5.41, 5.74) is 2.27. The van der Waals surface area contributed by atoms with E-state index in [0.717, 1.165) is 25.9 Å². The fourth-order valence-corrected chi connectivity index (χ4v) is 1.13. The summed E-state index contributed by atoms with van der Waals surface area (Å²) >= 11 is 0. The molecular weight excluding hydrogens is 216 g/mol. The number of unbranched alkanes of at least 4 members (excludes halogenated alkanes) is 1. The summed E-state index contributed by atoms with van der Waals surface area (Å²) < 4.78 is 5.11. The lowest BCUT2D eigenvalue weighted by molar-refractivity contribution is 0.0527. The van der Waals surface area contributed by atoms with E-state index in [1.807, 2.05) is 26.8 Å². The Morgan fingerprint density at radius 3 is 2.59 bits per heavy atom. The molecule has 4 heteroatoms. The fraction of sp³-hybridized carbons (Fsp3) is 0.692. The van der Waals surface area contributed by atoms with E-state index in [1.54, 1.807) is 0 Å². The molecular formula is C13H24N2O2. The second kappa shape index (κ2) is 8.85. The Kier molecular flexibility index (Phi) is 8.20. The van der Waals surface area contributed by atoms with E-state index < -0.39 is 5.60 Å². The van der Waals surface area contributed by atoms with Gasteiger partial charge in [0.2, 0.25) is 0 Å². The van der Waals surface area contributed by atoms with Gasteiger partial charge in [-0.05, 0) is 46.2 Å². The van der Waals surface area contributed by atoms with Gasteiger partial charge in [-0.25, -0.2) is 4.79 Å². The van der Waals surface area contributed by atoms with Gasteiger partial charge in [-0.2, -0.15) is 0 Å². The second-order valence-corrected chi connectivity index (χ2v) is 4.75. The van der Waals surface area contributed by atoms with Crippen LogP contribution in [0.5, 0.6) is 0 Å². The minimum Gasteiger partial charge on any atom is -0.444 e. The van der Waals surface area contributed by atoms with Crippen LogP contribution in [-0.4, -0.2) is 31.3 Å². The maximum Gasteiger partial charge on any atom is 0.407 e. The lowest BCUT2D eigenvalue weighted by Crippen LogP contribution is -2.33. The zero-order chi connectivity index (χ0) is 13.1. The molecule has 0 aromatic heterocycles. The third-order valence-corrected chi connectivity index (χ3v) is 1.84. The van der Waals surface area contributed by atoms with Crippen molar-refractivity contribution in [3.05, 3.63) is 18.4 Å². The summed E-state index contributed by atoms with van der Waals surface area (Å²) in [5, 5.41) is 5.93. The van der Waals surface area contributed by atoms with Crippen molar-refractivity contribution in [3.8, 4) is 0 Å². The van der Waals surface area contributed by atoms with Crippen LogP contribution < -0.4 is 10.6 Å². The largest absolute Gasteiger partial charge is 0.444 e. The number of amides is 1. The van der Waals surface area contributed by atoms with Crippen LogP contribution >= 0.6 is 0 Å². The normalized spacial score (nSPS) is 10.5. The van der Waals surface area contributed by atoms with Crippen LogP contribution in [-0.2, 0) is 4.74 Å². The molecule has 4 nitrogen and oxygen atoms in total. The molecule has 1 amide bonds. The topological polar surface area (TPSA) is 50.4 Å². The quantitative estimate of drug-likeness (QED) is 0.530. The van der Waals surface area contributed by atoms with Gasteiger partial charge in [0.15, 0.2) is 0 Å². The minimum absolute atomic E-state index is 0.347. The van der Waals surface area contributed by atoms with Gasteiger partial charge in [0, 0.05) is 13.1 Å². The predicted octanol–water partition coefficient (Wildman–Crippen LogP) is 2.22. The van der Waals surface area contributed by atoms with Crippen LogP contribution in [0, 0.1) is 0 Å². The average molecular weight is 240 g/mol. The Labute approximate surface area is 104 Å². The van der Waals surface area contributed by atoms with E-state index in [4.69, 9.17) is 4.74 Å². The van der Waals surface area contributed by atoms with Gasteiger partial charge in [-0.15, -0.1) is 5.73 Å². The van der Waals surface area contributed by atoms with Gasteiger partial charge in [-0.1, -0.05) is 6.58 Å². The highest BCUT2D eigenvalue weighted by Crippen LogP contribution is 2.06. The van der Waals surface area contributed by atoms with Gasteiger partial charge in [0.05, 0.1) is 0 Å². The smallest absolute Gasteiger partial charge is 0.407 e. The van der Waals surface area contributed by atoms with Crippen molar-refractivity contribution in [1.29, 1.82) is 0 Å². The first-order valence-electron chi connectivity index (χ1n) is 5.97. The number of alkyl carbamates (subject to hydrolysis) is 1. The number of hydrogen-bond donors (Lipinski definition) is 2. The van der Waals surface area contributed by atoms with E-state index in [2.05, 4.69) is 22.9 Å². The van der Waals surface area contributed by atoms with Crippen LogP contribution in [0.2, 0.25) is 0 Å². The molecule has 0 radical (unpaired) electrons. The number of rotatable bonds is 7. The van der Waals surface area contributed by atoms with Crippen LogP contribution in [0.25, 0.3) is 0 Å². The summed E-state index contributed by atoms with van der Waals surface area (Å²) in [4.78, 5) is 11.3. The van der Waals surface area contributed by atoms with Crippen molar-refractivity contribution in [1.82, 2.24) is 10.6 Å². The molecule has 0 aliphatic carbocycles. The first-order chi connectivity index (χ1) is 7.95. The van der Waals surface area contributed by atoms with Crippen LogP contribution in [0.3, 0.4) is 0 Å². The number of hydrogen-bond acceptors (Lipinski definition) is 3. The summed E-state index contributed by atoms with van der Waals surface area (Å²) in [5.74, 6) is 0. The molecule has 17 heavy (non-hydrogen) atoms. The van der Waals surface area contributed by atoms with E-state index in [9.17, 15) is 4.79 Å². The molecule has 0 heterocycles. The highest BCUT2D eigenvalue weighted by molar-refractivity contribution is 5.67. The van der Waals surface area contributed by atoms with E-state index in [-0.39, 0.29) is 6.09 Å². The summed E-state index contributed by atoms with van der Waals surface area (Å²) in [6.07, 6.45) is 3.45. The van der Waals surface area contributed by atoms with E-state index in [1.165, 1.54) is 0 Å². The van der Waals surface area contributed by atoms with Crippen molar-refractivity contribution in [2.45, 2.75) is 39.2 Å². The third-order valence-electron chi connectivity index (χ3n) is 1.84. The molecule has 0 rings (SSSR count). The maximum absolute atomic E-state index is 11.3. The molecule has 0 aromatic carbocycles. The van der Waals surface area contributed by atoms with E-state index >= 15 is 0 Å². The van der Waals surface area contributed by atoms with Crippen molar-refractivity contribution in [3.63, 3.8) is 0 Å². The van der Waals surface area contributed by atoms with Crippen LogP contribution in [0.15, 0.2) is 18.4 Å². The number of nitrogens with one attached hydrogen (secondary N) is 2. The number of ether oxygens (including phenoxy) is 1. The number of carbonyl (C=O) groups is 1. The van der Waals surface area contributed by atoms with Crippen LogP contribution in [0.4, 0.5) is 4.79 Å². The second-order valence-electron chi connectivity index (χ2n) is 4.75. The molecule has 0 bridgehead atoms. The lowest BCUT2D eigenvalue weighted by atomic mass is 10.2. The molecule has 0 saturated carbocycles. The highest BCUT2D eigenvalue weighted by Gasteiger charge is 2.15. The third kappa shape index (κ3) is 12.7. The SMILES string of the molecule is C=C=CCNCCCCNC(=O)OC(C)(C)C. The Morgan fingerprint density at radius 1 is 1.35 bits per heavy atom. The molecule has 0 atom stereocenters. The molecule has 0 unspecified atom stereocenters. The molecule has 0 saturated heterocycles. The molecule has 0 aliphatic rings. The predicted molar refractivity (Wildman–Crippen MR) is 70.1 cm³/mol. The fourth-order valence-electron chi connectivity index (χ4n) is 1.13. The summed E-state index contributed by atoms with van der Waals surface area (Å²) in [6, 6.07) is 0. The first-order valence-corrected chi connectivity index (χ1v) is 5.97. The minimum atomic E-state index is -0.428. The standard InChI is InChI=1S/C13H24N2O2/c1-5-6-9-14-10-7-8-11-15-12(16)17-13(2,3)4/h6,14H,1,7-11H2,2-4H3,(H,15,16).